The summed E-state index contributed by atoms with van der Waals surface area (Å²) in [6, 6.07) is 9.19. The van der Waals surface area contributed by atoms with E-state index in [0.717, 1.165) is 0 Å². The lowest BCUT2D eigenvalue weighted by Gasteiger charge is -2.38. The van der Waals surface area contributed by atoms with Crippen molar-refractivity contribution in [2.75, 3.05) is 0 Å². The highest BCUT2D eigenvalue weighted by Crippen LogP contribution is 2.70. The van der Waals surface area contributed by atoms with E-state index in [0.29, 0.717) is 0 Å². The third-order valence-corrected chi connectivity index (χ3v) is 8.05. The van der Waals surface area contributed by atoms with Gasteiger partial charge in [-0.05, 0) is 41.4 Å². The lowest BCUT2D eigenvalue weighted by Crippen LogP contribution is -2.44. The lowest BCUT2D eigenvalue weighted by molar-refractivity contribution is -0.682. The zero-order valence-corrected chi connectivity index (χ0v) is 17.2. The van der Waals surface area contributed by atoms with Crippen LogP contribution in [-0.2, 0) is 23.3 Å². The average Bonchev–Trinajstić information content (AvgIpc) is 3.01. The molecule has 0 spiro atoms. The molecule has 0 amide bonds. The Morgan fingerprint density at radius 1 is 0.920 bits per heavy atom. The standard InChI is InChI=1S/C23H33N2/c1-20(2,3)16-9-11-17(12-10-16)25-15-24(8)18-19(25)23(7)14-13-22(18,6)21(23,4)5/h9-12,15H,13-14H2,1-8H3/q+1. The Hall–Kier alpha value is -1.57. The predicted molar refractivity (Wildman–Crippen MR) is 103 cm³/mol. The average molecular weight is 338 g/mol. The number of rotatable bonds is 1. The molecule has 2 nitrogen and oxygen atoms in total. The minimum absolute atomic E-state index is 0.197. The van der Waals surface area contributed by atoms with E-state index < -0.39 is 0 Å². The van der Waals surface area contributed by atoms with Crippen LogP contribution in [0.4, 0.5) is 0 Å². The van der Waals surface area contributed by atoms with Gasteiger partial charge in [0.25, 0.3) is 0 Å². The van der Waals surface area contributed by atoms with E-state index >= 15 is 0 Å². The molecule has 1 saturated carbocycles. The first-order chi connectivity index (χ1) is 11.4. The smallest absolute Gasteiger partial charge is 0.236 e. The highest BCUT2D eigenvalue weighted by atomic mass is 15.2. The fourth-order valence-corrected chi connectivity index (χ4v) is 5.63. The van der Waals surface area contributed by atoms with E-state index in [9.17, 15) is 0 Å². The normalized spacial score (nSPS) is 29.9. The van der Waals surface area contributed by atoms with Crippen molar-refractivity contribution in [2.24, 2.45) is 12.5 Å². The quantitative estimate of drug-likeness (QED) is 0.651. The van der Waals surface area contributed by atoms with Gasteiger partial charge in [0.2, 0.25) is 6.33 Å². The minimum atomic E-state index is 0.197. The summed E-state index contributed by atoms with van der Waals surface area (Å²) in [6.07, 6.45) is 4.88. The molecule has 2 aromatic rings. The number of hydrogen-bond acceptors (Lipinski definition) is 0. The van der Waals surface area contributed by atoms with Gasteiger partial charge in [-0.2, -0.15) is 4.57 Å². The highest BCUT2D eigenvalue weighted by Gasteiger charge is 2.71. The van der Waals surface area contributed by atoms with Gasteiger partial charge in [0.15, 0.2) is 11.4 Å². The number of imidazole rings is 1. The summed E-state index contributed by atoms with van der Waals surface area (Å²) in [6.45, 7) is 16.8. The molecule has 2 atom stereocenters. The van der Waals surface area contributed by atoms with E-state index in [1.54, 1.807) is 5.69 Å². The second-order valence-corrected chi connectivity index (χ2v) is 10.4. The van der Waals surface area contributed by atoms with Crippen LogP contribution in [0.2, 0.25) is 0 Å². The molecule has 2 bridgehead atoms. The van der Waals surface area contributed by atoms with Crippen LogP contribution in [0.5, 0.6) is 0 Å². The number of aromatic nitrogens is 2. The molecule has 2 aliphatic carbocycles. The maximum atomic E-state index is 2.49. The lowest BCUT2D eigenvalue weighted by atomic mass is 9.64. The molecule has 2 aliphatic rings. The Kier molecular flexibility index (Phi) is 3.09. The van der Waals surface area contributed by atoms with Gasteiger partial charge in [-0.1, -0.05) is 60.6 Å². The second kappa shape index (κ2) is 4.58. The van der Waals surface area contributed by atoms with Gasteiger partial charge in [0.1, 0.15) is 5.69 Å². The Morgan fingerprint density at radius 2 is 1.48 bits per heavy atom. The zero-order chi connectivity index (χ0) is 18.4. The van der Waals surface area contributed by atoms with E-state index in [1.807, 2.05) is 0 Å². The molecule has 134 valence electrons. The van der Waals surface area contributed by atoms with Crippen molar-refractivity contribution in [3.05, 3.63) is 47.5 Å². The number of aryl methyl sites for hydroxylation is 1. The third-order valence-electron chi connectivity index (χ3n) is 8.05. The van der Waals surface area contributed by atoms with Crippen LogP contribution in [0, 0.1) is 5.41 Å². The molecule has 0 aliphatic heterocycles. The van der Waals surface area contributed by atoms with Gasteiger partial charge in [0, 0.05) is 10.8 Å². The summed E-state index contributed by atoms with van der Waals surface area (Å²) in [5, 5.41) is 0. The zero-order valence-electron chi connectivity index (χ0n) is 17.2. The minimum Gasteiger partial charge on any atom is -0.236 e. The molecular formula is C23H33N2+. The highest BCUT2D eigenvalue weighted by molar-refractivity contribution is 5.49. The summed E-state index contributed by atoms with van der Waals surface area (Å²) in [5.74, 6) is 0. The molecule has 0 N–H and O–H groups in total. The molecule has 2 unspecified atom stereocenters. The maximum Gasteiger partial charge on any atom is 0.249 e. The molecule has 1 aromatic carbocycles. The van der Waals surface area contributed by atoms with Gasteiger partial charge < -0.3 is 0 Å². The van der Waals surface area contributed by atoms with Crippen LogP contribution < -0.4 is 4.57 Å². The summed E-state index contributed by atoms with van der Waals surface area (Å²) >= 11 is 0. The molecule has 1 aromatic heterocycles. The monoisotopic (exact) mass is 337 g/mol. The van der Waals surface area contributed by atoms with Gasteiger partial charge in [-0.25, -0.2) is 4.57 Å². The van der Waals surface area contributed by atoms with Gasteiger partial charge in [-0.15, -0.1) is 0 Å². The SMILES string of the molecule is C[n+]1cn(-c2ccc(C(C)(C)C)cc2)c2c1C1(C)CCC2(C)C1(C)C. The van der Waals surface area contributed by atoms with Crippen LogP contribution in [0.3, 0.4) is 0 Å². The summed E-state index contributed by atoms with van der Waals surface area (Å²) in [4.78, 5) is 0. The van der Waals surface area contributed by atoms with Gasteiger partial charge >= 0.3 is 0 Å². The summed E-state index contributed by atoms with van der Waals surface area (Å²) in [7, 11) is 2.23. The Morgan fingerprint density at radius 3 is 2.04 bits per heavy atom. The molecule has 25 heavy (non-hydrogen) atoms. The van der Waals surface area contributed by atoms with E-state index in [4.69, 9.17) is 0 Å². The van der Waals surface area contributed by atoms with Crippen molar-refractivity contribution in [1.82, 2.24) is 4.57 Å². The van der Waals surface area contributed by atoms with E-state index in [2.05, 4.69) is 95.2 Å². The van der Waals surface area contributed by atoms with Crippen molar-refractivity contribution >= 4 is 0 Å². The van der Waals surface area contributed by atoms with Gasteiger partial charge in [0.05, 0.1) is 7.05 Å². The first kappa shape index (κ1) is 16.9. The largest absolute Gasteiger partial charge is 0.249 e. The molecule has 1 fully saturated rings. The molecule has 4 rings (SSSR count). The predicted octanol–water partition coefficient (Wildman–Crippen LogP) is 4.95. The maximum absolute atomic E-state index is 2.49. The van der Waals surface area contributed by atoms with E-state index in [-0.39, 0.29) is 21.7 Å². The number of fused-ring (bicyclic) bond motifs is 5. The second-order valence-electron chi connectivity index (χ2n) is 10.4. The fraction of sp³-hybridized carbons (Fsp3) is 0.609. The van der Waals surface area contributed by atoms with Crippen LogP contribution >= 0.6 is 0 Å². The van der Waals surface area contributed by atoms with Crippen LogP contribution in [0.15, 0.2) is 30.6 Å². The Bertz CT molecular complexity index is 847. The van der Waals surface area contributed by atoms with Crippen LogP contribution in [0.25, 0.3) is 5.69 Å². The number of nitrogens with zero attached hydrogens (tertiary/aromatic N) is 2. The molecular weight excluding hydrogens is 304 g/mol. The van der Waals surface area contributed by atoms with E-state index in [1.165, 1.54) is 29.8 Å². The van der Waals surface area contributed by atoms with Crippen molar-refractivity contribution in [3.63, 3.8) is 0 Å². The molecule has 0 saturated heterocycles. The number of benzene rings is 1. The molecule has 1 heterocycles. The topological polar surface area (TPSA) is 8.81 Å². The fourth-order valence-electron chi connectivity index (χ4n) is 5.63. The summed E-state index contributed by atoms with van der Waals surface area (Å²) < 4.78 is 4.85. The third kappa shape index (κ3) is 1.83. The molecule has 2 heteroatoms. The van der Waals surface area contributed by atoms with Crippen molar-refractivity contribution < 1.29 is 4.57 Å². The molecule has 0 radical (unpaired) electrons. The van der Waals surface area contributed by atoms with Crippen molar-refractivity contribution in [3.8, 4) is 5.69 Å². The first-order valence-corrected chi connectivity index (χ1v) is 9.66. The van der Waals surface area contributed by atoms with Crippen LogP contribution in [0.1, 0.15) is 78.3 Å². The Balaban J connectivity index is 1.91. The van der Waals surface area contributed by atoms with Gasteiger partial charge in [-0.3, -0.25) is 0 Å². The van der Waals surface area contributed by atoms with Crippen LogP contribution in [-0.4, -0.2) is 4.57 Å². The Labute approximate surface area is 152 Å². The number of hydrogen-bond donors (Lipinski definition) is 0. The summed E-state index contributed by atoms with van der Waals surface area (Å²) in [5.41, 5.74) is 6.76. The first-order valence-electron chi connectivity index (χ1n) is 9.66. The van der Waals surface area contributed by atoms with Crippen molar-refractivity contribution in [1.29, 1.82) is 0 Å². The van der Waals surface area contributed by atoms with Crippen molar-refractivity contribution in [2.45, 2.75) is 77.6 Å².